The SMILES string of the molecule is C[NH+]1CCN(c2cnc3cc(C(F)(F)F)cc(NCc4cccc([N+](=O)[O-])c4)c3c2)CC1. The second-order valence-corrected chi connectivity index (χ2v) is 8.01. The number of hydrogen-bond donors (Lipinski definition) is 2. The van der Waals surface area contributed by atoms with Gasteiger partial charge in [0.05, 0.1) is 61.1 Å². The third kappa shape index (κ3) is 4.75. The molecule has 1 saturated heterocycles. The number of rotatable bonds is 5. The highest BCUT2D eigenvalue weighted by molar-refractivity contribution is 5.94. The monoisotopic (exact) mass is 446 g/mol. The van der Waals surface area contributed by atoms with Gasteiger partial charge in [-0.15, -0.1) is 0 Å². The largest absolute Gasteiger partial charge is 0.416 e. The van der Waals surface area contributed by atoms with Gasteiger partial charge >= 0.3 is 6.18 Å². The molecule has 10 heteroatoms. The Morgan fingerprint density at radius 1 is 1.19 bits per heavy atom. The molecule has 0 unspecified atom stereocenters. The highest BCUT2D eigenvalue weighted by atomic mass is 19.4. The average molecular weight is 446 g/mol. The molecule has 0 bridgehead atoms. The number of piperazine rings is 1. The zero-order chi connectivity index (χ0) is 22.9. The Morgan fingerprint density at radius 3 is 2.62 bits per heavy atom. The summed E-state index contributed by atoms with van der Waals surface area (Å²) in [5.74, 6) is 0. The minimum absolute atomic E-state index is 0.0700. The summed E-state index contributed by atoms with van der Waals surface area (Å²) in [6, 6.07) is 9.99. The number of fused-ring (bicyclic) bond motifs is 1. The number of nitrogens with zero attached hydrogens (tertiary/aromatic N) is 3. The molecule has 1 aliphatic heterocycles. The molecule has 3 aromatic rings. The normalized spacial score (nSPS) is 15.2. The van der Waals surface area contributed by atoms with Crippen LogP contribution < -0.4 is 15.1 Å². The van der Waals surface area contributed by atoms with E-state index in [1.807, 2.05) is 6.07 Å². The van der Waals surface area contributed by atoms with Gasteiger partial charge in [-0.2, -0.15) is 13.2 Å². The lowest BCUT2D eigenvalue weighted by molar-refractivity contribution is -0.880. The molecule has 32 heavy (non-hydrogen) atoms. The molecule has 0 saturated carbocycles. The highest BCUT2D eigenvalue weighted by Gasteiger charge is 2.32. The second kappa shape index (κ2) is 8.62. The predicted octanol–water partition coefficient (Wildman–Crippen LogP) is 3.11. The maximum atomic E-state index is 13.5. The van der Waals surface area contributed by atoms with Crippen molar-refractivity contribution in [1.29, 1.82) is 0 Å². The molecular weight excluding hydrogens is 423 g/mol. The first-order chi connectivity index (χ1) is 15.2. The molecule has 2 heterocycles. The molecule has 0 spiro atoms. The van der Waals surface area contributed by atoms with Gasteiger partial charge in [-0.3, -0.25) is 15.1 Å². The fraction of sp³-hybridized carbons (Fsp3) is 0.318. The van der Waals surface area contributed by atoms with Crippen molar-refractivity contribution in [1.82, 2.24) is 4.98 Å². The van der Waals surface area contributed by atoms with Crippen LogP contribution in [0.1, 0.15) is 11.1 Å². The first-order valence-electron chi connectivity index (χ1n) is 10.2. The number of hydrogen-bond acceptors (Lipinski definition) is 5. The Bertz CT molecular complexity index is 1140. The number of nitrogens with one attached hydrogen (secondary N) is 2. The van der Waals surface area contributed by atoms with Crippen molar-refractivity contribution in [2.45, 2.75) is 12.7 Å². The van der Waals surface area contributed by atoms with E-state index in [0.717, 1.165) is 44.0 Å². The van der Waals surface area contributed by atoms with Gasteiger partial charge in [-0.25, -0.2) is 0 Å². The number of pyridine rings is 1. The standard InChI is InChI=1S/C22H22F3N5O2/c1-28-5-7-29(8-6-28)18-12-19-20(10-16(22(23,24)25)11-21(19)27-14-18)26-13-15-3-2-4-17(9-15)30(31)32/h2-4,9-12,14,26H,5-8,13H2,1H3/p+1. The highest BCUT2D eigenvalue weighted by Crippen LogP contribution is 2.36. The van der Waals surface area contributed by atoms with Crippen molar-refractivity contribution in [3.8, 4) is 0 Å². The van der Waals surface area contributed by atoms with E-state index >= 15 is 0 Å². The summed E-state index contributed by atoms with van der Waals surface area (Å²) in [6.45, 7) is 3.78. The van der Waals surface area contributed by atoms with Crippen molar-refractivity contribution in [3.05, 3.63) is 69.9 Å². The molecule has 0 aliphatic carbocycles. The number of aromatic nitrogens is 1. The molecule has 0 amide bonds. The van der Waals surface area contributed by atoms with Gasteiger partial charge < -0.3 is 15.1 Å². The van der Waals surface area contributed by atoms with Crippen molar-refractivity contribution in [2.24, 2.45) is 0 Å². The number of anilines is 2. The summed E-state index contributed by atoms with van der Waals surface area (Å²) >= 11 is 0. The van der Waals surface area contributed by atoms with E-state index in [1.54, 1.807) is 18.3 Å². The molecule has 1 aromatic heterocycles. The number of nitro benzene ring substituents is 1. The van der Waals surface area contributed by atoms with Crippen molar-refractivity contribution in [2.75, 3.05) is 43.4 Å². The van der Waals surface area contributed by atoms with Crippen LogP contribution in [0.15, 0.2) is 48.7 Å². The lowest BCUT2D eigenvalue weighted by Crippen LogP contribution is -3.12. The topological polar surface area (TPSA) is 75.7 Å². The van der Waals surface area contributed by atoms with Crippen molar-refractivity contribution in [3.63, 3.8) is 0 Å². The Hall–Kier alpha value is -3.40. The van der Waals surface area contributed by atoms with Gasteiger partial charge in [0.1, 0.15) is 0 Å². The van der Waals surface area contributed by atoms with Crippen molar-refractivity contribution >= 4 is 28.0 Å². The number of alkyl halides is 3. The average Bonchev–Trinajstić information content (AvgIpc) is 2.77. The summed E-state index contributed by atoms with van der Waals surface area (Å²) in [7, 11) is 2.13. The van der Waals surface area contributed by atoms with E-state index in [4.69, 9.17) is 0 Å². The van der Waals surface area contributed by atoms with E-state index < -0.39 is 16.7 Å². The minimum atomic E-state index is -4.52. The number of benzene rings is 2. The maximum absolute atomic E-state index is 13.5. The first kappa shape index (κ1) is 21.8. The van der Waals surface area contributed by atoms with Gasteiger partial charge in [0.2, 0.25) is 0 Å². The molecule has 168 valence electrons. The quantitative estimate of drug-likeness (QED) is 0.465. The van der Waals surface area contributed by atoms with Crippen LogP contribution in [0.5, 0.6) is 0 Å². The van der Waals surface area contributed by atoms with Crippen molar-refractivity contribution < 1.29 is 23.0 Å². The van der Waals surface area contributed by atoms with Gasteiger partial charge in [-0.1, -0.05) is 12.1 Å². The predicted molar refractivity (Wildman–Crippen MR) is 116 cm³/mol. The van der Waals surface area contributed by atoms with Crippen LogP contribution >= 0.6 is 0 Å². The van der Waals surface area contributed by atoms with E-state index in [-0.39, 0.29) is 23.4 Å². The van der Waals surface area contributed by atoms with Gasteiger partial charge in [0.25, 0.3) is 5.69 Å². The summed E-state index contributed by atoms with van der Waals surface area (Å²) in [5.41, 5.74) is 1.12. The lowest BCUT2D eigenvalue weighted by Gasteiger charge is -2.31. The van der Waals surface area contributed by atoms with E-state index in [2.05, 4.69) is 22.2 Å². The second-order valence-electron chi connectivity index (χ2n) is 8.01. The fourth-order valence-electron chi connectivity index (χ4n) is 3.82. The smallest absolute Gasteiger partial charge is 0.380 e. The Balaban J connectivity index is 1.69. The third-order valence-electron chi connectivity index (χ3n) is 5.70. The molecule has 1 aliphatic rings. The molecule has 0 radical (unpaired) electrons. The Labute approximate surface area is 182 Å². The molecule has 4 rings (SSSR count). The first-order valence-corrected chi connectivity index (χ1v) is 10.2. The number of quaternary nitrogens is 1. The van der Waals surface area contributed by atoms with Crippen LogP contribution in [0, 0.1) is 10.1 Å². The molecule has 2 N–H and O–H groups in total. The fourth-order valence-corrected chi connectivity index (χ4v) is 3.82. The Kier molecular flexibility index (Phi) is 5.88. The number of likely N-dealkylation sites (N-methyl/N-ethyl adjacent to an activating group) is 1. The zero-order valence-corrected chi connectivity index (χ0v) is 17.4. The van der Waals surface area contributed by atoms with Gasteiger partial charge in [-0.05, 0) is 23.8 Å². The van der Waals surface area contributed by atoms with E-state index in [0.29, 0.717) is 10.9 Å². The van der Waals surface area contributed by atoms with Crippen LogP contribution in [0.25, 0.3) is 10.9 Å². The van der Waals surface area contributed by atoms with Gasteiger partial charge in [0.15, 0.2) is 0 Å². The number of halogens is 3. The summed E-state index contributed by atoms with van der Waals surface area (Å²) in [6.07, 6.45) is -2.90. The number of non-ortho nitro benzene ring substituents is 1. The summed E-state index contributed by atoms with van der Waals surface area (Å²) in [4.78, 5) is 18.4. The maximum Gasteiger partial charge on any atom is 0.416 e. The van der Waals surface area contributed by atoms with Crippen LogP contribution in [-0.2, 0) is 12.7 Å². The third-order valence-corrected chi connectivity index (χ3v) is 5.70. The lowest BCUT2D eigenvalue weighted by atomic mass is 10.1. The van der Waals surface area contributed by atoms with E-state index in [9.17, 15) is 23.3 Å². The summed E-state index contributed by atoms with van der Waals surface area (Å²) < 4.78 is 40.4. The Morgan fingerprint density at radius 2 is 1.94 bits per heavy atom. The van der Waals surface area contributed by atoms with Crippen LogP contribution in [0.3, 0.4) is 0 Å². The molecule has 7 nitrogen and oxygen atoms in total. The van der Waals surface area contributed by atoms with E-state index in [1.165, 1.54) is 17.0 Å². The van der Waals surface area contributed by atoms with Crippen LogP contribution in [-0.4, -0.2) is 43.1 Å². The molecule has 2 aromatic carbocycles. The molecular formula is C22H23F3N5O2+. The summed E-state index contributed by atoms with van der Waals surface area (Å²) in [5, 5.41) is 14.6. The number of nitro groups is 1. The molecule has 1 fully saturated rings. The van der Waals surface area contributed by atoms with Crippen LogP contribution in [0.4, 0.5) is 30.2 Å². The zero-order valence-electron chi connectivity index (χ0n) is 17.4. The van der Waals surface area contributed by atoms with Crippen LogP contribution in [0.2, 0.25) is 0 Å². The molecule has 0 atom stereocenters. The minimum Gasteiger partial charge on any atom is -0.380 e. The van der Waals surface area contributed by atoms with Gasteiger partial charge in [0, 0.05) is 29.8 Å².